The lowest BCUT2D eigenvalue weighted by Crippen LogP contribution is -2.13. The molecule has 0 aliphatic carbocycles. The number of nitrogens with zero attached hydrogens (tertiary/aromatic N) is 1. The van der Waals surface area contributed by atoms with Gasteiger partial charge in [-0.15, -0.1) is 0 Å². The predicted molar refractivity (Wildman–Crippen MR) is 52.5 cm³/mol. The first-order valence-electron chi connectivity index (χ1n) is 3.92. The Bertz CT molecular complexity index is 518. The number of nitrogens with one attached hydrogen (secondary N) is 1. The van der Waals surface area contributed by atoms with Gasteiger partial charge in [0.15, 0.2) is 0 Å². The second-order valence-corrected chi connectivity index (χ2v) is 2.96. The largest absolute Gasteiger partial charge is 0.313 e. The molecule has 0 spiro atoms. The van der Waals surface area contributed by atoms with Gasteiger partial charge in [-0.05, 0) is 13.0 Å². The summed E-state index contributed by atoms with van der Waals surface area (Å²) in [4.78, 5) is 17.8. The third-order valence-electron chi connectivity index (χ3n) is 2.03. The normalized spacial score (nSPS) is 10.5. The maximum Gasteiger partial charge on any atom is 0.258 e. The molecule has 1 aromatic heterocycles. The highest BCUT2D eigenvalue weighted by Gasteiger charge is 2.00. The summed E-state index contributed by atoms with van der Waals surface area (Å²) < 4.78 is 0. The van der Waals surface area contributed by atoms with Crippen molar-refractivity contribution in [2.45, 2.75) is 6.92 Å². The first kappa shape index (κ1) is 8.04. The lowest BCUT2D eigenvalue weighted by atomic mass is 9.90. The molecule has 0 saturated carbocycles. The van der Waals surface area contributed by atoms with Gasteiger partial charge in [0.25, 0.3) is 5.56 Å². The molecule has 1 N–H and O–H groups in total. The van der Waals surface area contributed by atoms with Crippen molar-refractivity contribution < 1.29 is 0 Å². The molecule has 3 nitrogen and oxygen atoms in total. The van der Waals surface area contributed by atoms with Crippen LogP contribution in [-0.4, -0.2) is 17.8 Å². The smallest absolute Gasteiger partial charge is 0.258 e. The number of hydrogen-bond acceptors (Lipinski definition) is 2. The zero-order valence-electron chi connectivity index (χ0n) is 7.16. The van der Waals surface area contributed by atoms with Gasteiger partial charge in [-0.25, -0.2) is 4.98 Å². The minimum absolute atomic E-state index is 0.156. The van der Waals surface area contributed by atoms with Crippen molar-refractivity contribution in [3.63, 3.8) is 0 Å². The minimum Gasteiger partial charge on any atom is -0.313 e. The Balaban J connectivity index is 2.97. The number of hydrogen-bond donors (Lipinski definition) is 1. The van der Waals surface area contributed by atoms with E-state index in [0.717, 1.165) is 5.56 Å². The number of fused-ring (bicyclic) bond motifs is 1. The van der Waals surface area contributed by atoms with Gasteiger partial charge in [-0.2, -0.15) is 0 Å². The van der Waals surface area contributed by atoms with Gasteiger partial charge in [0.05, 0.1) is 17.2 Å². The number of benzene rings is 1. The molecule has 4 heteroatoms. The van der Waals surface area contributed by atoms with Gasteiger partial charge >= 0.3 is 0 Å². The standard InChI is InChI=1S/C9H7BN2O/c1-5-2-8-6(3-7(5)10)9(13)12-4-11-8/h2-4H,1H3,(H,11,12,13). The van der Waals surface area contributed by atoms with Gasteiger partial charge in [0, 0.05) is 0 Å². The minimum atomic E-state index is -0.156. The number of aromatic nitrogens is 2. The van der Waals surface area contributed by atoms with Crippen molar-refractivity contribution in [1.29, 1.82) is 0 Å². The maximum absolute atomic E-state index is 11.3. The van der Waals surface area contributed by atoms with Crippen LogP contribution in [0.15, 0.2) is 23.3 Å². The van der Waals surface area contributed by atoms with Gasteiger partial charge in [0.1, 0.15) is 7.85 Å². The SMILES string of the molecule is [B]c1cc2c(=O)[nH]cnc2cc1C. The fraction of sp³-hybridized carbons (Fsp3) is 0.111. The summed E-state index contributed by atoms with van der Waals surface area (Å²) in [6.07, 6.45) is 1.39. The lowest BCUT2D eigenvalue weighted by Gasteiger charge is -2.01. The zero-order valence-corrected chi connectivity index (χ0v) is 7.16. The van der Waals surface area contributed by atoms with Crippen LogP contribution < -0.4 is 11.0 Å². The van der Waals surface area contributed by atoms with E-state index in [4.69, 9.17) is 7.85 Å². The first-order chi connectivity index (χ1) is 6.18. The monoisotopic (exact) mass is 170 g/mol. The van der Waals surface area contributed by atoms with E-state index in [9.17, 15) is 4.79 Å². The molecular formula is C9H7BN2O. The third-order valence-corrected chi connectivity index (χ3v) is 2.03. The molecule has 0 atom stereocenters. The zero-order chi connectivity index (χ0) is 9.42. The quantitative estimate of drug-likeness (QED) is 0.566. The maximum atomic E-state index is 11.3. The number of rotatable bonds is 0. The van der Waals surface area contributed by atoms with Crippen LogP contribution in [0, 0.1) is 6.92 Å². The van der Waals surface area contributed by atoms with Crippen molar-refractivity contribution >= 4 is 24.2 Å². The molecule has 0 bridgehead atoms. The van der Waals surface area contributed by atoms with Crippen LogP contribution in [0.4, 0.5) is 0 Å². The van der Waals surface area contributed by atoms with E-state index < -0.39 is 0 Å². The average Bonchev–Trinajstić information content (AvgIpc) is 2.09. The molecule has 1 heterocycles. The van der Waals surface area contributed by atoms with E-state index in [-0.39, 0.29) is 5.56 Å². The fourth-order valence-corrected chi connectivity index (χ4v) is 1.24. The Labute approximate surface area is 76.2 Å². The van der Waals surface area contributed by atoms with Crippen molar-refractivity contribution in [3.8, 4) is 0 Å². The molecule has 2 rings (SSSR count). The van der Waals surface area contributed by atoms with E-state index in [1.54, 1.807) is 12.1 Å². The third kappa shape index (κ3) is 1.24. The van der Waals surface area contributed by atoms with E-state index in [0.29, 0.717) is 16.4 Å². The number of H-pyrrole nitrogens is 1. The predicted octanol–water partition coefficient (Wildman–Crippen LogP) is 0.0253. The Morgan fingerprint density at radius 2 is 2.23 bits per heavy atom. The fourth-order valence-electron chi connectivity index (χ4n) is 1.24. The van der Waals surface area contributed by atoms with Gasteiger partial charge in [0.2, 0.25) is 0 Å². The van der Waals surface area contributed by atoms with Crippen LogP contribution in [-0.2, 0) is 0 Å². The highest BCUT2D eigenvalue weighted by atomic mass is 16.1. The Morgan fingerprint density at radius 1 is 1.46 bits per heavy atom. The highest BCUT2D eigenvalue weighted by Crippen LogP contribution is 2.05. The summed E-state index contributed by atoms with van der Waals surface area (Å²) in [5, 5.41) is 0.533. The van der Waals surface area contributed by atoms with E-state index >= 15 is 0 Å². The highest BCUT2D eigenvalue weighted by molar-refractivity contribution is 6.34. The molecular weight excluding hydrogens is 163 g/mol. The van der Waals surface area contributed by atoms with Crippen molar-refractivity contribution in [3.05, 3.63) is 34.4 Å². The average molecular weight is 170 g/mol. The molecule has 0 aliphatic heterocycles. The molecule has 62 valence electrons. The van der Waals surface area contributed by atoms with Crippen LogP contribution in [0.2, 0.25) is 0 Å². The van der Waals surface area contributed by atoms with Crippen LogP contribution in [0.1, 0.15) is 5.56 Å². The Kier molecular flexibility index (Phi) is 1.69. The van der Waals surface area contributed by atoms with Crippen LogP contribution >= 0.6 is 0 Å². The van der Waals surface area contributed by atoms with E-state index in [1.165, 1.54) is 6.33 Å². The van der Waals surface area contributed by atoms with Crippen LogP contribution in [0.25, 0.3) is 10.9 Å². The number of aryl methyl sites for hydroxylation is 1. The molecule has 2 radical (unpaired) electrons. The van der Waals surface area contributed by atoms with Crippen LogP contribution in [0.3, 0.4) is 0 Å². The second kappa shape index (κ2) is 2.73. The molecule has 0 fully saturated rings. The Morgan fingerprint density at radius 3 is 3.00 bits per heavy atom. The van der Waals surface area contributed by atoms with Crippen molar-refractivity contribution in [2.75, 3.05) is 0 Å². The summed E-state index contributed by atoms with van der Waals surface area (Å²) in [6.45, 7) is 1.89. The van der Waals surface area contributed by atoms with Gasteiger partial charge in [-0.3, -0.25) is 4.79 Å². The van der Waals surface area contributed by atoms with Gasteiger partial charge in [-0.1, -0.05) is 17.1 Å². The summed E-state index contributed by atoms with van der Waals surface area (Å²) in [5.74, 6) is 0. The van der Waals surface area contributed by atoms with Gasteiger partial charge < -0.3 is 4.98 Å². The summed E-state index contributed by atoms with van der Waals surface area (Å²) in [5.41, 5.74) is 2.07. The lowest BCUT2D eigenvalue weighted by molar-refractivity contribution is 1.17. The second-order valence-electron chi connectivity index (χ2n) is 2.96. The summed E-state index contributed by atoms with van der Waals surface area (Å²) in [7, 11) is 5.67. The van der Waals surface area contributed by atoms with Crippen LogP contribution in [0.5, 0.6) is 0 Å². The molecule has 2 aromatic rings. The molecule has 0 saturated heterocycles. The molecule has 1 aromatic carbocycles. The Hall–Kier alpha value is -1.58. The molecule has 0 amide bonds. The van der Waals surface area contributed by atoms with E-state index in [1.807, 2.05) is 6.92 Å². The topological polar surface area (TPSA) is 45.8 Å². The first-order valence-corrected chi connectivity index (χ1v) is 3.92. The molecule has 0 aliphatic rings. The summed E-state index contributed by atoms with van der Waals surface area (Å²) in [6, 6.07) is 3.45. The summed E-state index contributed by atoms with van der Waals surface area (Å²) >= 11 is 0. The van der Waals surface area contributed by atoms with Crippen molar-refractivity contribution in [1.82, 2.24) is 9.97 Å². The van der Waals surface area contributed by atoms with E-state index in [2.05, 4.69) is 9.97 Å². The molecule has 0 unspecified atom stereocenters. The number of aromatic amines is 1. The van der Waals surface area contributed by atoms with Crippen molar-refractivity contribution in [2.24, 2.45) is 0 Å². The molecule has 13 heavy (non-hydrogen) atoms.